The van der Waals surface area contributed by atoms with E-state index in [0.717, 1.165) is 48.2 Å². The maximum atomic E-state index is 5.96. The molecular formula is C19H22ClN3O. The Hall–Kier alpha value is -2.20. The van der Waals surface area contributed by atoms with E-state index in [0.29, 0.717) is 0 Å². The number of ether oxygens (including phenoxy) is 1. The molecule has 3 rings (SSSR count). The second-order valence-corrected chi connectivity index (χ2v) is 6.27. The molecule has 1 aliphatic rings. The molecule has 1 fully saturated rings. The van der Waals surface area contributed by atoms with Crippen LogP contribution in [0.4, 0.5) is 5.69 Å². The first-order valence-electron chi connectivity index (χ1n) is 8.11. The Morgan fingerprint density at radius 3 is 2.42 bits per heavy atom. The fourth-order valence-corrected chi connectivity index (χ4v) is 2.95. The summed E-state index contributed by atoms with van der Waals surface area (Å²) < 4.78 is 5.28. The van der Waals surface area contributed by atoms with Crippen LogP contribution in [0.2, 0.25) is 5.02 Å². The molecule has 1 aliphatic heterocycles. The highest BCUT2D eigenvalue weighted by Gasteiger charge is 2.16. The minimum atomic E-state index is 0.774. The molecule has 0 atom stereocenters. The highest BCUT2D eigenvalue weighted by Crippen LogP contribution is 2.20. The standard InChI is InChI=1S/C19H22ClN3O/c1-15(16-4-3-5-19(14-16)24-2)21-23-12-10-22(11-13-23)18-8-6-17(20)7-9-18/h3-9,14H,10-13H2,1-2H3/b21-15+. The largest absolute Gasteiger partial charge is 0.497 e. The zero-order chi connectivity index (χ0) is 16.9. The van der Waals surface area contributed by atoms with E-state index in [9.17, 15) is 0 Å². The van der Waals surface area contributed by atoms with Gasteiger partial charge in [-0.05, 0) is 43.3 Å². The van der Waals surface area contributed by atoms with Gasteiger partial charge in [-0.3, -0.25) is 5.01 Å². The van der Waals surface area contributed by atoms with E-state index in [1.165, 1.54) is 5.69 Å². The summed E-state index contributed by atoms with van der Waals surface area (Å²) in [4.78, 5) is 2.36. The normalized spacial score (nSPS) is 15.5. The molecule has 1 heterocycles. The Bertz CT molecular complexity index is 707. The van der Waals surface area contributed by atoms with Crippen LogP contribution in [0, 0.1) is 0 Å². The highest BCUT2D eigenvalue weighted by molar-refractivity contribution is 6.30. The Labute approximate surface area is 148 Å². The maximum Gasteiger partial charge on any atom is 0.119 e. The summed E-state index contributed by atoms with van der Waals surface area (Å²) in [6.07, 6.45) is 0. The van der Waals surface area contributed by atoms with Gasteiger partial charge >= 0.3 is 0 Å². The summed E-state index contributed by atoms with van der Waals surface area (Å²) in [5, 5.41) is 7.68. The lowest BCUT2D eigenvalue weighted by molar-refractivity contribution is 0.270. The number of methoxy groups -OCH3 is 1. The van der Waals surface area contributed by atoms with Crippen molar-refractivity contribution in [1.82, 2.24) is 5.01 Å². The van der Waals surface area contributed by atoms with Crippen molar-refractivity contribution in [2.75, 3.05) is 38.2 Å². The monoisotopic (exact) mass is 343 g/mol. The van der Waals surface area contributed by atoms with Gasteiger partial charge in [0.15, 0.2) is 0 Å². The lowest BCUT2D eigenvalue weighted by atomic mass is 10.1. The lowest BCUT2D eigenvalue weighted by Crippen LogP contribution is -2.44. The van der Waals surface area contributed by atoms with Gasteiger partial charge < -0.3 is 9.64 Å². The van der Waals surface area contributed by atoms with Crippen molar-refractivity contribution in [2.24, 2.45) is 5.10 Å². The molecule has 0 N–H and O–H groups in total. The molecule has 0 aliphatic carbocycles. The van der Waals surface area contributed by atoms with Gasteiger partial charge in [-0.15, -0.1) is 0 Å². The summed E-state index contributed by atoms with van der Waals surface area (Å²) in [6, 6.07) is 16.0. The first-order valence-corrected chi connectivity index (χ1v) is 8.48. The van der Waals surface area contributed by atoms with Crippen molar-refractivity contribution in [3.8, 4) is 5.75 Å². The number of hydrogen-bond acceptors (Lipinski definition) is 4. The molecule has 0 saturated carbocycles. The van der Waals surface area contributed by atoms with E-state index < -0.39 is 0 Å². The van der Waals surface area contributed by atoms with Gasteiger partial charge in [-0.25, -0.2) is 0 Å². The van der Waals surface area contributed by atoms with Crippen LogP contribution in [0.3, 0.4) is 0 Å². The number of hydrazone groups is 1. The lowest BCUT2D eigenvalue weighted by Gasteiger charge is -2.35. The van der Waals surface area contributed by atoms with Crippen molar-refractivity contribution < 1.29 is 4.74 Å². The molecule has 0 aromatic heterocycles. The first kappa shape index (κ1) is 16.7. The van der Waals surface area contributed by atoms with Crippen molar-refractivity contribution in [3.63, 3.8) is 0 Å². The molecule has 1 saturated heterocycles. The molecular weight excluding hydrogens is 322 g/mol. The zero-order valence-corrected chi connectivity index (χ0v) is 14.8. The molecule has 126 valence electrons. The van der Waals surface area contributed by atoms with Crippen LogP contribution in [0.1, 0.15) is 12.5 Å². The molecule has 0 amide bonds. The number of piperazine rings is 1. The summed E-state index contributed by atoms with van der Waals surface area (Å²) >= 11 is 5.96. The van der Waals surface area contributed by atoms with Crippen LogP contribution >= 0.6 is 11.6 Å². The zero-order valence-electron chi connectivity index (χ0n) is 14.1. The van der Waals surface area contributed by atoms with Gasteiger partial charge in [0, 0.05) is 29.4 Å². The van der Waals surface area contributed by atoms with Crippen molar-refractivity contribution >= 4 is 23.0 Å². The average molecular weight is 344 g/mol. The third-order valence-corrected chi connectivity index (χ3v) is 4.48. The van der Waals surface area contributed by atoms with E-state index in [-0.39, 0.29) is 0 Å². The van der Waals surface area contributed by atoms with E-state index in [4.69, 9.17) is 21.4 Å². The van der Waals surface area contributed by atoms with Gasteiger partial charge in [-0.2, -0.15) is 5.10 Å². The Balaban J connectivity index is 1.62. The fourth-order valence-electron chi connectivity index (χ4n) is 2.82. The second kappa shape index (κ2) is 7.58. The molecule has 0 bridgehead atoms. The van der Waals surface area contributed by atoms with E-state index >= 15 is 0 Å². The van der Waals surface area contributed by atoms with E-state index in [1.54, 1.807) is 7.11 Å². The minimum absolute atomic E-state index is 0.774. The van der Waals surface area contributed by atoms with Gasteiger partial charge in [0.2, 0.25) is 0 Å². The summed E-state index contributed by atoms with van der Waals surface area (Å²) in [5.74, 6) is 0.856. The van der Waals surface area contributed by atoms with Crippen LogP contribution in [-0.2, 0) is 0 Å². The van der Waals surface area contributed by atoms with Gasteiger partial charge in [0.1, 0.15) is 5.75 Å². The van der Waals surface area contributed by atoms with Crippen LogP contribution < -0.4 is 9.64 Å². The van der Waals surface area contributed by atoms with Crippen LogP contribution in [-0.4, -0.2) is 44.0 Å². The third-order valence-electron chi connectivity index (χ3n) is 4.23. The predicted molar refractivity (Wildman–Crippen MR) is 100 cm³/mol. The highest BCUT2D eigenvalue weighted by atomic mass is 35.5. The smallest absolute Gasteiger partial charge is 0.119 e. The SMILES string of the molecule is COc1cccc(/C(C)=N/N2CCN(c3ccc(Cl)cc3)CC2)c1. The minimum Gasteiger partial charge on any atom is -0.497 e. The van der Waals surface area contributed by atoms with Gasteiger partial charge in [-0.1, -0.05) is 23.7 Å². The molecule has 0 unspecified atom stereocenters. The number of benzene rings is 2. The van der Waals surface area contributed by atoms with Crippen LogP contribution in [0.25, 0.3) is 0 Å². The van der Waals surface area contributed by atoms with Crippen LogP contribution in [0.15, 0.2) is 53.6 Å². The summed E-state index contributed by atoms with van der Waals surface area (Å²) in [7, 11) is 1.68. The number of nitrogens with zero attached hydrogens (tertiary/aromatic N) is 3. The maximum absolute atomic E-state index is 5.96. The van der Waals surface area contributed by atoms with Crippen molar-refractivity contribution in [2.45, 2.75) is 6.92 Å². The Morgan fingerprint density at radius 1 is 1.04 bits per heavy atom. The molecule has 2 aromatic rings. The summed E-state index contributed by atoms with van der Waals surface area (Å²) in [6.45, 7) is 5.77. The third kappa shape index (κ3) is 4.01. The number of hydrogen-bond donors (Lipinski definition) is 0. The number of rotatable bonds is 4. The molecule has 4 nitrogen and oxygen atoms in total. The average Bonchev–Trinajstić information content (AvgIpc) is 2.63. The Kier molecular flexibility index (Phi) is 5.26. The predicted octanol–water partition coefficient (Wildman–Crippen LogP) is 3.89. The summed E-state index contributed by atoms with van der Waals surface area (Å²) in [5.41, 5.74) is 3.32. The second-order valence-electron chi connectivity index (χ2n) is 5.83. The fraction of sp³-hybridized carbons (Fsp3) is 0.316. The molecule has 2 aromatic carbocycles. The molecule has 0 spiro atoms. The Morgan fingerprint density at radius 2 is 1.75 bits per heavy atom. The van der Waals surface area contributed by atoms with Gasteiger partial charge in [0.05, 0.1) is 25.9 Å². The van der Waals surface area contributed by atoms with E-state index in [2.05, 4.69) is 28.1 Å². The molecule has 0 radical (unpaired) electrons. The number of halogens is 1. The van der Waals surface area contributed by atoms with E-state index in [1.807, 2.05) is 37.3 Å². The number of anilines is 1. The molecule has 24 heavy (non-hydrogen) atoms. The van der Waals surface area contributed by atoms with Crippen LogP contribution in [0.5, 0.6) is 5.75 Å². The quantitative estimate of drug-likeness (QED) is 0.788. The first-order chi connectivity index (χ1) is 11.7. The van der Waals surface area contributed by atoms with Gasteiger partial charge in [0.25, 0.3) is 0 Å². The van der Waals surface area contributed by atoms with Crippen molar-refractivity contribution in [1.29, 1.82) is 0 Å². The topological polar surface area (TPSA) is 28.1 Å². The van der Waals surface area contributed by atoms with Crippen molar-refractivity contribution in [3.05, 3.63) is 59.1 Å². The molecule has 5 heteroatoms.